The summed E-state index contributed by atoms with van der Waals surface area (Å²) in [6, 6.07) is 15.1. The van der Waals surface area contributed by atoms with Crippen molar-refractivity contribution in [2.24, 2.45) is 0 Å². The fraction of sp³-hybridized carbons (Fsp3) is 0.409. The monoisotopic (exact) mass is 384 g/mol. The average molecular weight is 384 g/mol. The number of para-hydroxylation sites is 1. The number of hydrogen-bond donors (Lipinski definition) is 1. The van der Waals surface area contributed by atoms with E-state index in [4.69, 9.17) is 14.2 Å². The minimum absolute atomic E-state index is 0.110. The van der Waals surface area contributed by atoms with Gasteiger partial charge in [0.2, 0.25) is 0 Å². The van der Waals surface area contributed by atoms with Crippen LogP contribution < -0.4 is 24.4 Å². The summed E-state index contributed by atoms with van der Waals surface area (Å²) in [7, 11) is 3.20. The van der Waals surface area contributed by atoms with Crippen molar-refractivity contribution in [3.05, 3.63) is 48.5 Å². The Balaban J connectivity index is 1.86. The summed E-state index contributed by atoms with van der Waals surface area (Å²) in [4.78, 5) is 15.1. The quantitative estimate of drug-likeness (QED) is 0.757. The van der Waals surface area contributed by atoms with E-state index in [-0.39, 0.29) is 11.9 Å². The molecule has 0 saturated carbocycles. The minimum atomic E-state index is -0.629. The second-order valence-electron chi connectivity index (χ2n) is 6.85. The lowest BCUT2D eigenvalue weighted by Gasteiger charge is -2.30. The van der Waals surface area contributed by atoms with Crippen molar-refractivity contribution < 1.29 is 19.0 Å². The van der Waals surface area contributed by atoms with Crippen molar-refractivity contribution in [3.8, 4) is 17.2 Å². The van der Waals surface area contributed by atoms with Gasteiger partial charge in [0.15, 0.2) is 6.10 Å². The van der Waals surface area contributed by atoms with Crippen molar-refractivity contribution >= 4 is 11.6 Å². The number of amides is 1. The molecule has 6 heteroatoms. The van der Waals surface area contributed by atoms with Gasteiger partial charge in [-0.15, -0.1) is 0 Å². The molecule has 0 spiro atoms. The first-order valence-electron chi connectivity index (χ1n) is 9.61. The smallest absolute Gasteiger partial charge is 0.267 e. The highest BCUT2D eigenvalue weighted by molar-refractivity contribution is 5.98. The summed E-state index contributed by atoms with van der Waals surface area (Å²) in [6.45, 7) is 3.31. The van der Waals surface area contributed by atoms with Gasteiger partial charge >= 0.3 is 0 Å². The van der Waals surface area contributed by atoms with Gasteiger partial charge in [-0.1, -0.05) is 18.2 Å². The van der Waals surface area contributed by atoms with E-state index in [1.807, 2.05) is 42.5 Å². The van der Waals surface area contributed by atoms with Gasteiger partial charge < -0.3 is 24.4 Å². The first-order valence-corrected chi connectivity index (χ1v) is 9.61. The summed E-state index contributed by atoms with van der Waals surface area (Å²) in [5, 5.41) is 3.46. The second kappa shape index (κ2) is 9.46. The number of nitrogens with one attached hydrogen (secondary N) is 1. The van der Waals surface area contributed by atoms with Crippen molar-refractivity contribution in [2.75, 3.05) is 32.2 Å². The minimum Gasteiger partial charge on any atom is -0.497 e. The van der Waals surface area contributed by atoms with Crippen molar-refractivity contribution in [1.29, 1.82) is 0 Å². The Kier molecular flexibility index (Phi) is 6.76. The first kappa shape index (κ1) is 20.0. The number of nitrogens with zero attached hydrogens (tertiary/aromatic N) is 1. The van der Waals surface area contributed by atoms with Gasteiger partial charge in [0.05, 0.1) is 19.9 Å². The number of carbonyl (C=O) groups is 1. The predicted molar refractivity (Wildman–Crippen MR) is 109 cm³/mol. The van der Waals surface area contributed by atoms with Gasteiger partial charge in [0.25, 0.3) is 5.91 Å². The third-order valence-electron chi connectivity index (χ3n) is 4.91. The molecular weight excluding hydrogens is 356 g/mol. The Morgan fingerprint density at radius 2 is 1.93 bits per heavy atom. The third-order valence-corrected chi connectivity index (χ3v) is 4.91. The summed E-state index contributed by atoms with van der Waals surface area (Å²) < 4.78 is 16.7. The molecular formula is C22H28N2O4. The van der Waals surface area contributed by atoms with E-state index >= 15 is 0 Å². The Bertz CT molecular complexity index is 775. The molecule has 2 aromatic rings. The van der Waals surface area contributed by atoms with Crippen LogP contribution in [0.1, 0.15) is 19.8 Å². The van der Waals surface area contributed by atoms with Crippen LogP contribution in [0, 0.1) is 0 Å². The molecule has 1 heterocycles. The van der Waals surface area contributed by atoms with E-state index in [0.29, 0.717) is 29.5 Å². The normalized spacial score (nSPS) is 17.0. The maximum absolute atomic E-state index is 13.3. The molecule has 3 rings (SSSR count). The molecule has 150 valence electrons. The fourth-order valence-corrected chi connectivity index (χ4v) is 3.42. The molecule has 1 amide bonds. The number of carbonyl (C=O) groups excluding carboxylic acids is 1. The summed E-state index contributed by atoms with van der Waals surface area (Å²) in [5.41, 5.74) is 0.713. The number of ether oxygens (including phenoxy) is 3. The molecule has 1 aliphatic rings. The highest BCUT2D eigenvalue weighted by Crippen LogP contribution is 2.33. The van der Waals surface area contributed by atoms with E-state index in [1.54, 1.807) is 32.1 Å². The Morgan fingerprint density at radius 1 is 1.14 bits per heavy atom. The van der Waals surface area contributed by atoms with E-state index in [0.717, 1.165) is 19.4 Å². The molecule has 1 N–H and O–H groups in total. The lowest BCUT2D eigenvalue weighted by Crippen LogP contribution is -2.46. The lowest BCUT2D eigenvalue weighted by atomic mass is 10.1. The zero-order valence-corrected chi connectivity index (χ0v) is 16.7. The number of rotatable bonds is 8. The van der Waals surface area contributed by atoms with Gasteiger partial charge in [-0.3, -0.25) is 4.79 Å². The standard InChI is InChI=1S/C22H28N2O4/c1-16(28-18-9-5-4-6-10-18)22(25)24(15-17-8-7-13-23-17)20-12-11-19(26-2)14-21(20)27-3/h4-6,9-12,14,16-17,23H,7-8,13,15H2,1-3H3/t16-,17?/m1/s1. The van der Waals surface area contributed by atoms with Crippen molar-refractivity contribution in [1.82, 2.24) is 5.32 Å². The zero-order valence-electron chi connectivity index (χ0n) is 16.7. The Morgan fingerprint density at radius 3 is 2.57 bits per heavy atom. The zero-order chi connectivity index (χ0) is 19.9. The molecule has 0 aliphatic carbocycles. The molecule has 0 radical (unpaired) electrons. The molecule has 2 atom stereocenters. The largest absolute Gasteiger partial charge is 0.497 e. The van der Waals surface area contributed by atoms with Crippen LogP contribution in [-0.2, 0) is 4.79 Å². The fourth-order valence-electron chi connectivity index (χ4n) is 3.42. The van der Waals surface area contributed by atoms with Crippen LogP contribution in [0.3, 0.4) is 0 Å². The van der Waals surface area contributed by atoms with Crippen LogP contribution in [0.25, 0.3) is 0 Å². The van der Waals surface area contributed by atoms with E-state index in [9.17, 15) is 4.79 Å². The van der Waals surface area contributed by atoms with Gasteiger partial charge in [0, 0.05) is 18.7 Å². The van der Waals surface area contributed by atoms with E-state index in [2.05, 4.69) is 5.32 Å². The van der Waals surface area contributed by atoms with Crippen molar-refractivity contribution in [2.45, 2.75) is 31.9 Å². The predicted octanol–water partition coefficient (Wildman–Crippen LogP) is 3.26. The molecule has 6 nitrogen and oxygen atoms in total. The van der Waals surface area contributed by atoms with Gasteiger partial charge in [-0.2, -0.15) is 0 Å². The molecule has 0 bridgehead atoms. The number of hydrogen-bond acceptors (Lipinski definition) is 5. The topological polar surface area (TPSA) is 60.0 Å². The average Bonchev–Trinajstić information content (AvgIpc) is 3.25. The van der Waals surface area contributed by atoms with Crippen molar-refractivity contribution in [3.63, 3.8) is 0 Å². The van der Waals surface area contributed by atoms with Crippen LogP contribution in [0.2, 0.25) is 0 Å². The van der Waals surface area contributed by atoms with E-state index < -0.39 is 6.10 Å². The van der Waals surface area contributed by atoms with Crippen LogP contribution in [0.4, 0.5) is 5.69 Å². The van der Waals surface area contributed by atoms with Gasteiger partial charge in [-0.05, 0) is 50.6 Å². The summed E-state index contributed by atoms with van der Waals surface area (Å²) in [6.07, 6.45) is 1.52. The molecule has 28 heavy (non-hydrogen) atoms. The highest BCUT2D eigenvalue weighted by Gasteiger charge is 2.29. The summed E-state index contributed by atoms with van der Waals surface area (Å²) in [5.74, 6) is 1.84. The van der Waals surface area contributed by atoms with E-state index in [1.165, 1.54) is 0 Å². The summed E-state index contributed by atoms with van der Waals surface area (Å²) >= 11 is 0. The molecule has 1 saturated heterocycles. The maximum atomic E-state index is 13.3. The molecule has 1 fully saturated rings. The molecule has 1 aliphatic heterocycles. The van der Waals surface area contributed by atoms with Crippen LogP contribution >= 0.6 is 0 Å². The van der Waals surface area contributed by atoms with Gasteiger partial charge in [0.1, 0.15) is 17.2 Å². The maximum Gasteiger partial charge on any atom is 0.267 e. The number of methoxy groups -OCH3 is 2. The van der Waals surface area contributed by atoms with Crippen LogP contribution in [0.15, 0.2) is 48.5 Å². The molecule has 1 unspecified atom stereocenters. The second-order valence-corrected chi connectivity index (χ2v) is 6.85. The van der Waals surface area contributed by atoms with Crippen LogP contribution in [-0.4, -0.2) is 45.4 Å². The Labute approximate surface area is 166 Å². The highest BCUT2D eigenvalue weighted by atomic mass is 16.5. The number of anilines is 1. The van der Waals surface area contributed by atoms with Crippen LogP contribution in [0.5, 0.6) is 17.2 Å². The number of benzene rings is 2. The van der Waals surface area contributed by atoms with Gasteiger partial charge in [-0.25, -0.2) is 0 Å². The third kappa shape index (κ3) is 4.75. The first-order chi connectivity index (χ1) is 13.6. The lowest BCUT2D eigenvalue weighted by molar-refractivity contribution is -0.124. The SMILES string of the molecule is COc1ccc(N(CC2CCCN2)C(=O)[C@@H](C)Oc2ccccc2)c(OC)c1. The molecule has 0 aromatic heterocycles. The Hall–Kier alpha value is -2.73. The molecule has 2 aromatic carbocycles.